The smallest absolute Gasteiger partial charge is 0.304 e. The van der Waals surface area contributed by atoms with Crippen molar-refractivity contribution in [3.63, 3.8) is 0 Å². The molecule has 0 bridgehead atoms. The third kappa shape index (κ3) is 5.14. The van der Waals surface area contributed by atoms with Crippen molar-refractivity contribution < 1.29 is 14.7 Å². The van der Waals surface area contributed by atoms with Gasteiger partial charge in [-0.05, 0) is 0 Å². The van der Waals surface area contributed by atoms with Crippen molar-refractivity contribution in [3.05, 3.63) is 0 Å². The predicted octanol–water partition coefficient (Wildman–Crippen LogP) is 1.70. The number of hydrogen-bond acceptors (Lipinski definition) is 6. The van der Waals surface area contributed by atoms with E-state index in [1.807, 2.05) is 0 Å². The fourth-order valence-corrected chi connectivity index (χ4v) is 2.55. The Kier molecular flexibility index (Phi) is 5.36. The number of aromatic nitrogens is 2. The number of nitrogens with zero attached hydrogens (tertiary/aromatic N) is 2. The van der Waals surface area contributed by atoms with Crippen LogP contribution in [0, 0.1) is 5.92 Å². The SMILES string of the molecule is CC(C)C(=O)Nc1nnc(SCCC(=O)O)s1. The van der Waals surface area contributed by atoms with E-state index in [-0.39, 0.29) is 18.2 Å². The normalized spacial score (nSPS) is 10.5. The monoisotopic (exact) mass is 275 g/mol. The number of thioether (sulfide) groups is 1. The predicted molar refractivity (Wildman–Crippen MR) is 66.4 cm³/mol. The average Bonchev–Trinajstić information content (AvgIpc) is 2.65. The first kappa shape index (κ1) is 13.9. The molecular weight excluding hydrogens is 262 g/mol. The van der Waals surface area contributed by atoms with Crippen LogP contribution >= 0.6 is 23.1 Å². The molecule has 0 aliphatic rings. The third-order valence-electron chi connectivity index (χ3n) is 1.70. The number of carboxylic acids is 1. The van der Waals surface area contributed by atoms with Gasteiger partial charge in [0.1, 0.15) is 0 Å². The molecule has 1 aromatic heterocycles. The summed E-state index contributed by atoms with van der Waals surface area (Å²) in [5.41, 5.74) is 0. The number of hydrogen-bond donors (Lipinski definition) is 2. The van der Waals surface area contributed by atoms with Gasteiger partial charge in [-0.1, -0.05) is 36.9 Å². The van der Waals surface area contributed by atoms with Crippen LogP contribution in [-0.2, 0) is 9.59 Å². The number of amides is 1. The molecule has 0 aliphatic carbocycles. The molecule has 94 valence electrons. The highest BCUT2D eigenvalue weighted by Crippen LogP contribution is 2.26. The quantitative estimate of drug-likeness (QED) is 0.606. The number of rotatable bonds is 6. The van der Waals surface area contributed by atoms with Crippen LogP contribution in [0.3, 0.4) is 0 Å². The Hall–Kier alpha value is -1.15. The van der Waals surface area contributed by atoms with Crippen LogP contribution in [0.15, 0.2) is 4.34 Å². The molecule has 2 N–H and O–H groups in total. The van der Waals surface area contributed by atoms with Crippen molar-refractivity contribution in [1.29, 1.82) is 0 Å². The number of carbonyl (C=O) groups is 2. The van der Waals surface area contributed by atoms with Crippen molar-refractivity contribution in [2.75, 3.05) is 11.1 Å². The van der Waals surface area contributed by atoms with E-state index in [1.54, 1.807) is 13.8 Å². The Morgan fingerprint density at radius 3 is 2.76 bits per heavy atom. The van der Waals surface area contributed by atoms with Gasteiger partial charge in [-0.15, -0.1) is 10.2 Å². The molecule has 6 nitrogen and oxygen atoms in total. The fourth-order valence-electron chi connectivity index (χ4n) is 0.794. The van der Waals surface area contributed by atoms with Gasteiger partial charge in [0.05, 0.1) is 6.42 Å². The number of anilines is 1. The summed E-state index contributed by atoms with van der Waals surface area (Å²) < 4.78 is 0.658. The lowest BCUT2D eigenvalue weighted by Crippen LogP contribution is -2.17. The minimum absolute atomic E-state index is 0.0813. The zero-order chi connectivity index (χ0) is 12.8. The number of carboxylic acid groups (broad SMARTS) is 1. The minimum atomic E-state index is -0.838. The second-order valence-corrected chi connectivity index (χ2v) is 5.83. The van der Waals surface area contributed by atoms with Crippen LogP contribution in [0.2, 0.25) is 0 Å². The lowest BCUT2D eigenvalue weighted by atomic mass is 10.2. The summed E-state index contributed by atoms with van der Waals surface area (Å²) in [6.45, 7) is 3.58. The average molecular weight is 275 g/mol. The van der Waals surface area contributed by atoms with E-state index < -0.39 is 5.97 Å². The summed E-state index contributed by atoms with van der Waals surface area (Å²) in [5, 5.41) is 19.2. The number of nitrogens with one attached hydrogen (secondary N) is 1. The molecule has 1 aromatic rings. The molecule has 0 atom stereocenters. The molecule has 17 heavy (non-hydrogen) atoms. The maximum Gasteiger partial charge on any atom is 0.304 e. The van der Waals surface area contributed by atoms with Gasteiger partial charge in [0.2, 0.25) is 11.0 Å². The Balaban J connectivity index is 2.42. The fraction of sp³-hybridized carbons (Fsp3) is 0.556. The van der Waals surface area contributed by atoms with Crippen molar-refractivity contribution in [2.24, 2.45) is 5.92 Å². The minimum Gasteiger partial charge on any atom is -0.481 e. The zero-order valence-corrected chi connectivity index (χ0v) is 11.1. The standard InChI is InChI=1S/C9H13N3O3S2/c1-5(2)7(15)10-8-11-12-9(17-8)16-4-3-6(13)14/h5H,3-4H2,1-2H3,(H,13,14)(H,10,11,15). The molecular formula is C9H13N3O3S2. The van der Waals surface area contributed by atoms with E-state index in [9.17, 15) is 9.59 Å². The summed E-state index contributed by atoms with van der Waals surface area (Å²) in [5.74, 6) is -0.608. The highest BCUT2D eigenvalue weighted by molar-refractivity contribution is 8.01. The van der Waals surface area contributed by atoms with Gasteiger partial charge in [0.15, 0.2) is 4.34 Å². The summed E-state index contributed by atoms with van der Waals surface area (Å²) >= 11 is 2.56. The molecule has 0 aliphatic heterocycles. The van der Waals surface area contributed by atoms with Crippen LogP contribution in [0.5, 0.6) is 0 Å². The van der Waals surface area contributed by atoms with Crippen LogP contribution < -0.4 is 5.32 Å². The van der Waals surface area contributed by atoms with E-state index in [1.165, 1.54) is 23.1 Å². The van der Waals surface area contributed by atoms with Crippen LogP contribution in [0.4, 0.5) is 5.13 Å². The molecule has 0 unspecified atom stereocenters. The Morgan fingerprint density at radius 2 is 2.18 bits per heavy atom. The van der Waals surface area contributed by atoms with Gasteiger partial charge in [-0.3, -0.25) is 9.59 Å². The Morgan fingerprint density at radius 1 is 1.47 bits per heavy atom. The second kappa shape index (κ2) is 6.55. The largest absolute Gasteiger partial charge is 0.481 e. The Bertz CT molecular complexity index is 406. The molecule has 0 saturated carbocycles. The van der Waals surface area contributed by atoms with E-state index in [4.69, 9.17) is 5.11 Å². The van der Waals surface area contributed by atoms with Crippen LogP contribution in [0.1, 0.15) is 20.3 Å². The van der Waals surface area contributed by atoms with Gasteiger partial charge in [0, 0.05) is 11.7 Å². The zero-order valence-electron chi connectivity index (χ0n) is 9.47. The molecule has 0 fully saturated rings. The molecule has 0 spiro atoms. The summed E-state index contributed by atoms with van der Waals surface area (Å²) in [6, 6.07) is 0. The first-order chi connectivity index (χ1) is 7.99. The van der Waals surface area contributed by atoms with E-state index >= 15 is 0 Å². The summed E-state index contributed by atoms with van der Waals surface area (Å²) in [6.07, 6.45) is 0.0813. The van der Waals surface area contributed by atoms with Crippen LogP contribution in [-0.4, -0.2) is 32.9 Å². The molecule has 8 heteroatoms. The molecule has 0 aromatic carbocycles. The van der Waals surface area contributed by atoms with E-state index in [0.717, 1.165) is 0 Å². The molecule has 0 saturated heterocycles. The number of aliphatic carboxylic acids is 1. The van der Waals surface area contributed by atoms with Gasteiger partial charge < -0.3 is 10.4 Å². The summed E-state index contributed by atoms with van der Waals surface area (Å²) in [4.78, 5) is 21.7. The first-order valence-corrected chi connectivity index (χ1v) is 6.78. The van der Waals surface area contributed by atoms with Gasteiger partial charge in [-0.25, -0.2) is 0 Å². The van der Waals surface area contributed by atoms with Gasteiger partial charge >= 0.3 is 5.97 Å². The van der Waals surface area contributed by atoms with Crippen molar-refractivity contribution in [1.82, 2.24) is 10.2 Å². The lowest BCUT2D eigenvalue weighted by molar-refractivity contribution is -0.136. The second-order valence-electron chi connectivity index (χ2n) is 3.51. The topological polar surface area (TPSA) is 92.2 Å². The highest BCUT2D eigenvalue weighted by atomic mass is 32.2. The van der Waals surface area contributed by atoms with E-state index in [2.05, 4.69) is 15.5 Å². The maximum absolute atomic E-state index is 11.4. The lowest BCUT2D eigenvalue weighted by Gasteiger charge is -2.02. The molecule has 1 rings (SSSR count). The van der Waals surface area contributed by atoms with Gasteiger partial charge in [0.25, 0.3) is 0 Å². The molecule has 0 radical (unpaired) electrons. The van der Waals surface area contributed by atoms with Crippen molar-refractivity contribution >= 4 is 40.1 Å². The van der Waals surface area contributed by atoms with E-state index in [0.29, 0.717) is 15.2 Å². The van der Waals surface area contributed by atoms with Crippen molar-refractivity contribution in [3.8, 4) is 0 Å². The van der Waals surface area contributed by atoms with Crippen molar-refractivity contribution in [2.45, 2.75) is 24.6 Å². The number of carbonyl (C=O) groups excluding carboxylic acids is 1. The summed E-state index contributed by atoms with van der Waals surface area (Å²) in [7, 11) is 0. The maximum atomic E-state index is 11.4. The molecule has 1 heterocycles. The third-order valence-corrected chi connectivity index (χ3v) is 3.68. The van der Waals surface area contributed by atoms with Gasteiger partial charge in [-0.2, -0.15) is 0 Å². The molecule has 1 amide bonds. The first-order valence-electron chi connectivity index (χ1n) is 4.98. The Labute approximate surface area is 107 Å². The highest BCUT2D eigenvalue weighted by Gasteiger charge is 2.11. The van der Waals surface area contributed by atoms with Crippen LogP contribution in [0.25, 0.3) is 0 Å².